The lowest BCUT2D eigenvalue weighted by molar-refractivity contribution is 0.0270. The van der Waals surface area contributed by atoms with Gasteiger partial charge in [-0.2, -0.15) is 0 Å². The van der Waals surface area contributed by atoms with E-state index in [0.717, 1.165) is 35.3 Å². The van der Waals surface area contributed by atoms with Crippen molar-refractivity contribution in [3.05, 3.63) is 70.8 Å². The van der Waals surface area contributed by atoms with Crippen molar-refractivity contribution in [1.29, 1.82) is 0 Å². The monoisotopic (exact) mass is 490 g/mol. The average molecular weight is 491 g/mol. The van der Waals surface area contributed by atoms with Crippen molar-refractivity contribution in [3.8, 4) is 5.75 Å². The van der Waals surface area contributed by atoms with Crippen LogP contribution in [0.4, 0.5) is 10.5 Å². The van der Waals surface area contributed by atoms with Gasteiger partial charge in [0.25, 0.3) is 5.91 Å². The highest BCUT2D eigenvalue weighted by Crippen LogP contribution is 2.31. The number of carbonyl (C=O) groups is 2. The minimum atomic E-state index is -0.508. The molecule has 2 aromatic carbocycles. The quantitative estimate of drug-likeness (QED) is 0.469. The number of methoxy groups -OCH3 is 1. The summed E-state index contributed by atoms with van der Waals surface area (Å²) in [5.41, 5.74) is 6.30. The number of carbonyl (C=O) groups excluding carboxylic acids is 2. The number of aryl methyl sites for hydroxylation is 1. The fraction of sp³-hybridized carbons (Fsp3) is 0.400. The minimum Gasteiger partial charge on any atom is -0.496 e. The van der Waals surface area contributed by atoms with Gasteiger partial charge >= 0.3 is 6.09 Å². The molecule has 1 heterocycles. The number of benzene rings is 2. The van der Waals surface area contributed by atoms with E-state index in [4.69, 9.17) is 9.47 Å². The van der Waals surface area contributed by atoms with E-state index in [1.165, 1.54) is 11.1 Å². The maximum atomic E-state index is 13.0. The minimum absolute atomic E-state index is 0.171. The summed E-state index contributed by atoms with van der Waals surface area (Å²) in [5, 5.41) is 2.99. The first-order valence-corrected chi connectivity index (χ1v) is 12.5. The molecule has 0 atom stereocenters. The molecular formula is C30H38N2O4. The summed E-state index contributed by atoms with van der Waals surface area (Å²) >= 11 is 0. The molecule has 0 aliphatic carbocycles. The first-order chi connectivity index (χ1) is 17.1. The van der Waals surface area contributed by atoms with Gasteiger partial charge in [0.15, 0.2) is 0 Å². The number of hydrogen-bond acceptors (Lipinski definition) is 4. The molecule has 6 nitrogen and oxygen atoms in total. The third kappa shape index (κ3) is 6.56. The maximum Gasteiger partial charge on any atom is 0.410 e. The summed E-state index contributed by atoms with van der Waals surface area (Å²) in [6.07, 6.45) is 5.50. The molecule has 1 aliphatic heterocycles. The second kappa shape index (κ2) is 11.5. The van der Waals surface area contributed by atoms with Crippen LogP contribution in [0.25, 0.3) is 11.1 Å². The second-order valence-corrected chi connectivity index (χ2v) is 9.97. The zero-order chi connectivity index (χ0) is 26.5. The zero-order valence-electron chi connectivity index (χ0n) is 22.5. The van der Waals surface area contributed by atoms with Crippen LogP contribution in [-0.4, -0.2) is 42.7 Å². The van der Waals surface area contributed by atoms with Crippen molar-refractivity contribution in [1.82, 2.24) is 4.90 Å². The van der Waals surface area contributed by atoms with Crippen LogP contribution in [-0.2, 0) is 4.74 Å². The standard InChI is InChI=1S/C30H38N2O4/c1-8-21(9-2)26-13-11-24(19-27(26)35-7)31-28(33)23-10-12-25(20(3)18-23)22-14-16-32(17-15-22)29(34)36-30(4,5)6/h8,10-14,18-19H,9,15-17H2,1-7H3,(H,31,33)/b21-8+. The number of nitrogens with zero attached hydrogens (tertiary/aromatic N) is 1. The Morgan fingerprint density at radius 1 is 1.14 bits per heavy atom. The molecule has 0 aromatic heterocycles. The van der Waals surface area contributed by atoms with Crippen molar-refractivity contribution in [3.63, 3.8) is 0 Å². The van der Waals surface area contributed by atoms with E-state index in [-0.39, 0.29) is 12.0 Å². The van der Waals surface area contributed by atoms with Gasteiger partial charge in [0, 0.05) is 36.0 Å². The highest BCUT2D eigenvalue weighted by atomic mass is 16.6. The lowest BCUT2D eigenvalue weighted by Gasteiger charge is -2.30. The van der Waals surface area contributed by atoms with Crippen LogP contribution >= 0.6 is 0 Å². The lowest BCUT2D eigenvalue weighted by Crippen LogP contribution is -2.39. The van der Waals surface area contributed by atoms with Crippen LogP contribution < -0.4 is 10.1 Å². The Balaban J connectivity index is 1.71. The first kappa shape index (κ1) is 27.1. The largest absolute Gasteiger partial charge is 0.496 e. The average Bonchev–Trinajstić information content (AvgIpc) is 2.84. The lowest BCUT2D eigenvalue weighted by atomic mass is 9.94. The Kier molecular flexibility index (Phi) is 8.62. The molecule has 192 valence electrons. The van der Waals surface area contributed by atoms with Crippen molar-refractivity contribution in [2.45, 2.75) is 60.0 Å². The van der Waals surface area contributed by atoms with Crippen LogP contribution in [0.5, 0.6) is 5.75 Å². The number of amides is 2. The molecule has 3 rings (SSSR count). The smallest absolute Gasteiger partial charge is 0.410 e. The van der Waals surface area contributed by atoms with Crippen LogP contribution in [0.15, 0.2) is 48.6 Å². The van der Waals surface area contributed by atoms with Gasteiger partial charge in [-0.25, -0.2) is 4.79 Å². The van der Waals surface area contributed by atoms with E-state index in [2.05, 4.69) is 24.4 Å². The van der Waals surface area contributed by atoms with Crippen molar-refractivity contribution in [2.75, 3.05) is 25.5 Å². The SMILES string of the molecule is C/C=C(\CC)c1ccc(NC(=O)c2ccc(C3=CCN(C(=O)OC(C)(C)C)CC3)c(C)c2)cc1OC. The molecule has 2 amide bonds. The topological polar surface area (TPSA) is 67.9 Å². The number of allylic oxidation sites excluding steroid dienone is 2. The molecule has 1 N–H and O–H groups in total. The third-order valence-electron chi connectivity index (χ3n) is 6.23. The molecule has 0 bridgehead atoms. The van der Waals surface area contributed by atoms with Gasteiger partial charge in [-0.15, -0.1) is 0 Å². The van der Waals surface area contributed by atoms with Crippen LogP contribution in [0, 0.1) is 6.92 Å². The number of hydrogen-bond donors (Lipinski definition) is 1. The summed E-state index contributed by atoms with van der Waals surface area (Å²) in [4.78, 5) is 27.0. The van der Waals surface area contributed by atoms with Gasteiger partial charge in [0.1, 0.15) is 11.4 Å². The van der Waals surface area contributed by atoms with Gasteiger partial charge in [-0.1, -0.05) is 25.1 Å². The third-order valence-corrected chi connectivity index (χ3v) is 6.23. The summed E-state index contributed by atoms with van der Waals surface area (Å²) in [6.45, 7) is 12.9. The molecule has 1 aliphatic rings. The molecule has 2 aromatic rings. The van der Waals surface area contributed by atoms with E-state index < -0.39 is 5.60 Å². The fourth-order valence-corrected chi connectivity index (χ4v) is 4.36. The Morgan fingerprint density at radius 3 is 2.44 bits per heavy atom. The van der Waals surface area contributed by atoms with Crippen LogP contribution in [0.2, 0.25) is 0 Å². The molecule has 0 unspecified atom stereocenters. The molecule has 6 heteroatoms. The number of rotatable bonds is 6. The number of anilines is 1. The van der Waals surface area contributed by atoms with Gasteiger partial charge in [-0.05, 0) is 94.0 Å². The van der Waals surface area contributed by atoms with E-state index in [1.807, 2.05) is 71.0 Å². The van der Waals surface area contributed by atoms with E-state index in [9.17, 15) is 9.59 Å². The van der Waals surface area contributed by atoms with Gasteiger partial charge in [0.2, 0.25) is 0 Å². The molecule has 0 saturated heterocycles. The highest BCUT2D eigenvalue weighted by molar-refractivity contribution is 6.04. The Bertz CT molecular complexity index is 1190. The van der Waals surface area contributed by atoms with E-state index in [1.54, 1.807) is 12.0 Å². The summed E-state index contributed by atoms with van der Waals surface area (Å²) < 4.78 is 11.1. The highest BCUT2D eigenvalue weighted by Gasteiger charge is 2.24. The Hall–Kier alpha value is -3.54. The van der Waals surface area contributed by atoms with Crippen LogP contribution in [0.3, 0.4) is 0 Å². The maximum absolute atomic E-state index is 13.0. The predicted molar refractivity (Wildman–Crippen MR) is 146 cm³/mol. The first-order valence-electron chi connectivity index (χ1n) is 12.5. The molecule has 0 fully saturated rings. The Morgan fingerprint density at radius 2 is 1.89 bits per heavy atom. The van der Waals surface area contributed by atoms with Crippen LogP contribution in [0.1, 0.15) is 74.5 Å². The molecule has 0 radical (unpaired) electrons. The summed E-state index contributed by atoms with van der Waals surface area (Å²) in [7, 11) is 1.64. The second-order valence-electron chi connectivity index (χ2n) is 9.97. The fourth-order valence-electron chi connectivity index (χ4n) is 4.36. The molecular weight excluding hydrogens is 452 g/mol. The molecule has 0 spiro atoms. The summed E-state index contributed by atoms with van der Waals surface area (Å²) in [5.74, 6) is 0.564. The van der Waals surface area contributed by atoms with Gasteiger partial charge < -0.3 is 19.7 Å². The normalized spacial score (nSPS) is 14.2. The van der Waals surface area contributed by atoms with E-state index >= 15 is 0 Å². The van der Waals surface area contributed by atoms with Gasteiger partial charge in [-0.3, -0.25) is 4.79 Å². The van der Waals surface area contributed by atoms with Crippen molar-refractivity contribution in [2.24, 2.45) is 0 Å². The van der Waals surface area contributed by atoms with Crippen molar-refractivity contribution >= 4 is 28.8 Å². The number of ether oxygens (including phenoxy) is 2. The van der Waals surface area contributed by atoms with E-state index in [0.29, 0.717) is 24.3 Å². The number of nitrogens with one attached hydrogen (secondary N) is 1. The Labute approximate surface area is 215 Å². The predicted octanol–water partition coefficient (Wildman–Crippen LogP) is 7.09. The van der Waals surface area contributed by atoms with Gasteiger partial charge in [0.05, 0.1) is 7.11 Å². The zero-order valence-corrected chi connectivity index (χ0v) is 22.5. The molecule has 36 heavy (non-hydrogen) atoms. The summed E-state index contributed by atoms with van der Waals surface area (Å²) in [6, 6.07) is 11.5. The van der Waals surface area contributed by atoms with Crippen molar-refractivity contribution < 1.29 is 19.1 Å². The molecule has 0 saturated carbocycles.